The average molecular weight is 311 g/mol. The number of likely N-dealkylation sites (N-methyl/N-ethyl adjacent to an activating group) is 1. The predicted octanol–water partition coefficient (Wildman–Crippen LogP) is 2.14. The van der Waals surface area contributed by atoms with E-state index in [1.165, 1.54) is 6.21 Å². The van der Waals surface area contributed by atoms with Gasteiger partial charge in [-0.25, -0.2) is 4.98 Å². The lowest BCUT2D eigenvalue weighted by molar-refractivity contribution is 0.320. The summed E-state index contributed by atoms with van der Waals surface area (Å²) in [5.41, 5.74) is 9.15. The van der Waals surface area contributed by atoms with Crippen molar-refractivity contribution in [2.24, 2.45) is 0 Å². The molecule has 0 saturated carbocycles. The van der Waals surface area contributed by atoms with E-state index in [9.17, 15) is 0 Å². The molecule has 0 unspecified atom stereocenters. The lowest BCUT2D eigenvalue weighted by atomic mass is 10.2. The number of benzene rings is 1. The molecule has 0 aliphatic carbocycles. The molecule has 0 amide bonds. The SMILES string of the molecule is CN1CCNc2nc(CCOc3ccc(N)c(C=N)c3)ccc21. The number of nitrogens with zero attached hydrogens (tertiary/aromatic N) is 2. The molecule has 1 aliphatic rings. The zero-order valence-corrected chi connectivity index (χ0v) is 13.2. The first kappa shape index (κ1) is 15.1. The Labute approximate surface area is 135 Å². The molecule has 3 rings (SSSR count). The number of rotatable bonds is 5. The van der Waals surface area contributed by atoms with Crippen LogP contribution in [0.25, 0.3) is 0 Å². The lowest BCUT2D eigenvalue weighted by Gasteiger charge is -2.27. The molecule has 1 aliphatic heterocycles. The number of hydrogen-bond acceptors (Lipinski definition) is 6. The molecule has 1 aromatic heterocycles. The van der Waals surface area contributed by atoms with Gasteiger partial charge in [0.15, 0.2) is 0 Å². The van der Waals surface area contributed by atoms with Gasteiger partial charge in [0.2, 0.25) is 0 Å². The van der Waals surface area contributed by atoms with E-state index in [0.717, 1.165) is 36.7 Å². The number of ether oxygens (including phenoxy) is 1. The van der Waals surface area contributed by atoms with E-state index in [1.807, 2.05) is 12.1 Å². The summed E-state index contributed by atoms with van der Waals surface area (Å²) in [6, 6.07) is 9.49. The summed E-state index contributed by atoms with van der Waals surface area (Å²) in [4.78, 5) is 6.85. The van der Waals surface area contributed by atoms with Gasteiger partial charge in [-0.05, 0) is 30.3 Å². The molecular weight excluding hydrogens is 290 g/mol. The fourth-order valence-corrected chi connectivity index (χ4v) is 2.57. The van der Waals surface area contributed by atoms with Crippen LogP contribution in [0, 0.1) is 5.41 Å². The van der Waals surface area contributed by atoms with Gasteiger partial charge in [0.05, 0.1) is 12.3 Å². The highest BCUT2D eigenvalue weighted by Crippen LogP contribution is 2.26. The van der Waals surface area contributed by atoms with Crippen molar-refractivity contribution in [3.05, 3.63) is 41.6 Å². The van der Waals surface area contributed by atoms with Crippen molar-refractivity contribution in [2.45, 2.75) is 6.42 Å². The van der Waals surface area contributed by atoms with Crippen LogP contribution in [-0.2, 0) is 6.42 Å². The van der Waals surface area contributed by atoms with Crippen molar-refractivity contribution in [2.75, 3.05) is 42.7 Å². The summed E-state index contributed by atoms with van der Waals surface area (Å²) in [6.07, 6.45) is 1.96. The molecule has 2 aromatic rings. The normalized spacial score (nSPS) is 13.2. The first-order valence-corrected chi connectivity index (χ1v) is 7.65. The largest absolute Gasteiger partial charge is 0.493 e. The van der Waals surface area contributed by atoms with Gasteiger partial charge in [0.1, 0.15) is 11.6 Å². The maximum absolute atomic E-state index is 7.32. The third-order valence-electron chi connectivity index (χ3n) is 3.92. The number of hydrogen-bond donors (Lipinski definition) is 3. The van der Waals surface area contributed by atoms with Gasteiger partial charge in [-0.2, -0.15) is 0 Å². The van der Waals surface area contributed by atoms with Gasteiger partial charge in [-0.3, -0.25) is 0 Å². The molecule has 6 heteroatoms. The van der Waals surface area contributed by atoms with Crippen molar-refractivity contribution in [3.63, 3.8) is 0 Å². The van der Waals surface area contributed by atoms with Gasteiger partial charge < -0.3 is 26.1 Å². The molecule has 0 atom stereocenters. The van der Waals surface area contributed by atoms with Gasteiger partial charge in [-0.1, -0.05) is 0 Å². The summed E-state index contributed by atoms with van der Waals surface area (Å²) in [7, 11) is 2.08. The quantitative estimate of drug-likeness (QED) is 0.582. The molecular formula is C17H21N5O. The minimum absolute atomic E-state index is 0.531. The Hall–Kier alpha value is -2.76. The van der Waals surface area contributed by atoms with Gasteiger partial charge >= 0.3 is 0 Å². The Kier molecular flexibility index (Phi) is 4.32. The van der Waals surface area contributed by atoms with Crippen LogP contribution in [0.1, 0.15) is 11.3 Å². The van der Waals surface area contributed by atoms with Crippen molar-refractivity contribution < 1.29 is 4.74 Å². The van der Waals surface area contributed by atoms with Gasteiger partial charge in [0, 0.05) is 49.7 Å². The molecule has 120 valence electrons. The molecule has 6 nitrogen and oxygen atoms in total. The monoisotopic (exact) mass is 311 g/mol. The maximum atomic E-state index is 7.32. The predicted molar refractivity (Wildman–Crippen MR) is 93.9 cm³/mol. The van der Waals surface area contributed by atoms with E-state index in [-0.39, 0.29) is 0 Å². The summed E-state index contributed by atoms with van der Waals surface area (Å²) < 4.78 is 5.74. The van der Waals surface area contributed by atoms with E-state index >= 15 is 0 Å². The smallest absolute Gasteiger partial charge is 0.149 e. The zero-order chi connectivity index (χ0) is 16.2. The van der Waals surface area contributed by atoms with Crippen LogP contribution in [0.2, 0.25) is 0 Å². The number of nitrogens with one attached hydrogen (secondary N) is 2. The van der Waals surface area contributed by atoms with E-state index in [2.05, 4.69) is 28.3 Å². The number of pyridine rings is 1. The molecule has 0 radical (unpaired) electrons. The van der Waals surface area contributed by atoms with Crippen LogP contribution in [0.15, 0.2) is 30.3 Å². The molecule has 23 heavy (non-hydrogen) atoms. The van der Waals surface area contributed by atoms with Crippen molar-refractivity contribution >= 4 is 23.4 Å². The Balaban J connectivity index is 1.62. The molecule has 2 heterocycles. The second-order valence-electron chi connectivity index (χ2n) is 5.55. The number of nitrogens with two attached hydrogens (primary N) is 1. The molecule has 0 fully saturated rings. The van der Waals surface area contributed by atoms with Crippen LogP contribution in [0.5, 0.6) is 5.75 Å². The Morgan fingerprint density at radius 1 is 1.39 bits per heavy atom. The molecule has 1 aromatic carbocycles. The Morgan fingerprint density at radius 3 is 3.09 bits per heavy atom. The van der Waals surface area contributed by atoms with E-state index in [1.54, 1.807) is 12.1 Å². The third kappa shape index (κ3) is 3.36. The maximum Gasteiger partial charge on any atom is 0.149 e. The van der Waals surface area contributed by atoms with Gasteiger partial charge in [0.25, 0.3) is 0 Å². The highest BCUT2D eigenvalue weighted by molar-refractivity contribution is 5.85. The summed E-state index contributed by atoms with van der Waals surface area (Å²) >= 11 is 0. The molecule has 0 bridgehead atoms. The van der Waals surface area contributed by atoms with Crippen molar-refractivity contribution in [1.29, 1.82) is 5.41 Å². The number of aromatic nitrogens is 1. The first-order valence-electron chi connectivity index (χ1n) is 7.65. The number of fused-ring (bicyclic) bond motifs is 1. The molecule has 4 N–H and O–H groups in total. The summed E-state index contributed by atoms with van der Waals surface area (Å²) in [5, 5.41) is 10.6. The highest BCUT2D eigenvalue weighted by Gasteiger charge is 2.14. The van der Waals surface area contributed by atoms with Crippen LogP contribution in [-0.4, -0.2) is 37.9 Å². The molecule has 0 saturated heterocycles. The summed E-state index contributed by atoms with van der Waals surface area (Å²) in [5.74, 6) is 1.66. The van der Waals surface area contributed by atoms with Crippen LogP contribution in [0.3, 0.4) is 0 Å². The van der Waals surface area contributed by atoms with Gasteiger partial charge in [-0.15, -0.1) is 0 Å². The van der Waals surface area contributed by atoms with E-state index < -0.39 is 0 Å². The van der Waals surface area contributed by atoms with Crippen LogP contribution in [0.4, 0.5) is 17.2 Å². The minimum atomic E-state index is 0.531. The van der Waals surface area contributed by atoms with Crippen molar-refractivity contribution in [1.82, 2.24) is 4.98 Å². The van der Waals surface area contributed by atoms with Crippen LogP contribution < -0.4 is 20.7 Å². The highest BCUT2D eigenvalue weighted by atomic mass is 16.5. The fraction of sp³-hybridized carbons (Fsp3) is 0.294. The second kappa shape index (κ2) is 6.56. The van der Waals surface area contributed by atoms with E-state index in [4.69, 9.17) is 15.9 Å². The first-order chi connectivity index (χ1) is 11.2. The minimum Gasteiger partial charge on any atom is -0.493 e. The lowest BCUT2D eigenvalue weighted by Crippen LogP contribution is -2.31. The topological polar surface area (TPSA) is 87.3 Å². The number of nitrogen functional groups attached to an aromatic ring is 1. The Morgan fingerprint density at radius 2 is 2.26 bits per heavy atom. The van der Waals surface area contributed by atoms with E-state index in [0.29, 0.717) is 23.6 Å². The fourth-order valence-electron chi connectivity index (χ4n) is 2.57. The average Bonchev–Trinajstić information content (AvgIpc) is 2.56. The van der Waals surface area contributed by atoms with Crippen molar-refractivity contribution in [3.8, 4) is 5.75 Å². The van der Waals surface area contributed by atoms with Crippen LogP contribution >= 0.6 is 0 Å². The standard InChI is InChI=1S/C17H21N5O/c1-22-8-7-20-17-16(22)5-2-13(21-17)6-9-23-14-3-4-15(19)12(10-14)11-18/h2-5,10-11,18H,6-9,19H2,1H3,(H,20,21). The molecule has 0 spiro atoms. The summed E-state index contributed by atoms with van der Waals surface area (Å²) in [6.45, 7) is 2.43. The number of anilines is 3. The Bertz CT molecular complexity index is 716. The zero-order valence-electron chi connectivity index (χ0n) is 13.2. The third-order valence-corrected chi connectivity index (χ3v) is 3.92. The second-order valence-corrected chi connectivity index (χ2v) is 5.55.